The molecule has 24 heavy (non-hydrogen) atoms. The van der Waals surface area contributed by atoms with Gasteiger partial charge >= 0.3 is 0 Å². The van der Waals surface area contributed by atoms with Crippen molar-refractivity contribution in [2.45, 2.75) is 17.6 Å². The molecule has 1 heterocycles. The van der Waals surface area contributed by atoms with Crippen molar-refractivity contribution in [1.29, 1.82) is 0 Å². The Bertz CT molecular complexity index is 1030. The first kappa shape index (κ1) is 16.1. The van der Waals surface area contributed by atoms with Crippen LogP contribution in [0.4, 0.5) is 0 Å². The lowest BCUT2D eigenvalue weighted by Crippen LogP contribution is -2.11. The predicted molar refractivity (Wildman–Crippen MR) is 92.3 cm³/mol. The molecule has 5 nitrogen and oxygen atoms in total. The summed E-state index contributed by atoms with van der Waals surface area (Å²) >= 11 is 0. The van der Waals surface area contributed by atoms with Crippen LogP contribution in [0.15, 0.2) is 59.5 Å². The lowest BCUT2D eigenvalue weighted by Gasteiger charge is -2.09. The van der Waals surface area contributed by atoms with E-state index < -0.39 is 15.7 Å². The number of pyridine rings is 1. The lowest BCUT2D eigenvalue weighted by molar-refractivity contribution is 0.1000. The molecule has 3 aromatic rings. The number of sulfone groups is 1. The fraction of sp³-hybridized carbons (Fsp3) is 0.111. The number of para-hydroxylation sites is 1. The molecular weight excluding hydrogens is 324 g/mol. The molecule has 0 aliphatic rings. The number of carbonyl (C=O) groups is 1. The summed E-state index contributed by atoms with van der Waals surface area (Å²) in [5, 5.41) is 0.820. The van der Waals surface area contributed by atoms with E-state index in [9.17, 15) is 13.2 Å². The van der Waals surface area contributed by atoms with Crippen LogP contribution in [0.1, 0.15) is 21.6 Å². The fourth-order valence-corrected chi connectivity index (χ4v) is 3.99. The summed E-state index contributed by atoms with van der Waals surface area (Å²) in [7, 11) is -3.54. The molecule has 122 valence electrons. The topological polar surface area (TPSA) is 90.1 Å². The maximum absolute atomic E-state index is 12.7. The van der Waals surface area contributed by atoms with Gasteiger partial charge in [0.25, 0.3) is 0 Å². The molecule has 3 rings (SSSR count). The molecule has 0 saturated heterocycles. The molecule has 0 fully saturated rings. The average Bonchev–Trinajstić information content (AvgIpc) is 2.54. The van der Waals surface area contributed by atoms with Crippen molar-refractivity contribution in [3.8, 4) is 0 Å². The summed E-state index contributed by atoms with van der Waals surface area (Å²) in [4.78, 5) is 15.7. The summed E-state index contributed by atoms with van der Waals surface area (Å²) in [6.45, 7) is 1.84. The highest BCUT2D eigenvalue weighted by molar-refractivity contribution is 7.90. The van der Waals surface area contributed by atoms with Gasteiger partial charge in [-0.3, -0.25) is 9.78 Å². The van der Waals surface area contributed by atoms with Crippen molar-refractivity contribution in [3.63, 3.8) is 0 Å². The summed E-state index contributed by atoms with van der Waals surface area (Å²) in [5.41, 5.74) is 7.70. The number of benzene rings is 2. The predicted octanol–water partition coefficient (Wildman–Crippen LogP) is 2.62. The van der Waals surface area contributed by atoms with Crippen molar-refractivity contribution >= 4 is 26.6 Å². The van der Waals surface area contributed by atoms with Gasteiger partial charge in [0.1, 0.15) is 0 Å². The van der Waals surface area contributed by atoms with Crippen LogP contribution < -0.4 is 5.73 Å². The smallest absolute Gasteiger partial charge is 0.248 e. The lowest BCUT2D eigenvalue weighted by atomic mass is 10.1. The SMILES string of the molecule is Cc1cc(CS(=O)(=O)c2ccc(C(N)=O)cc2)c2ccccc2n1. The third-order valence-corrected chi connectivity index (χ3v) is 5.45. The van der Waals surface area contributed by atoms with Gasteiger partial charge in [-0.25, -0.2) is 8.42 Å². The molecule has 6 heteroatoms. The Balaban J connectivity index is 2.02. The first-order valence-corrected chi connectivity index (χ1v) is 9.00. The molecule has 0 bridgehead atoms. The van der Waals surface area contributed by atoms with Gasteiger partial charge in [-0.1, -0.05) is 18.2 Å². The highest BCUT2D eigenvalue weighted by Gasteiger charge is 2.18. The van der Waals surface area contributed by atoms with Crippen LogP contribution in [0, 0.1) is 6.92 Å². The zero-order valence-electron chi connectivity index (χ0n) is 13.1. The Morgan fingerprint density at radius 2 is 1.75 bits per heavy atom. The minimum Gasteiger partial charge on any atom is -0.366 e. The molecule has 1 amide bonds. The van der Waals surface area contributed by atoms with Crippen LogP contribution in [0.3, 0.4) is 0 Å². The van der Waals surface area contributed by atoms with Gasteiger partial charge in [0.05, 0.1) is 16.2 Å². The Hall–Kier alpha value is -2.73. The number of aryl methyl sites for hydroxylation is 1. The Morgan fingerprint density at radius 3 is 2.42 bits per heavy atom. The third kappa shape index (κ3) is 3.14. The van der Waals surface area contributed by atoms with E-state index in [1.54, 1.807) is 6.07 Å². The number of nitrogens with zero attached hydrogens (tertiary/aromatic N) is 1. The average molecular weight is 340 g/mol. The summed E-state index contributed by atoms with van der Waals surface area (Å²) < 4.78 is 25.4. The normalized spacial score (nSPS) is 11.5. The molecule has 1 aromatic heterocycles. The van der Waals surface area contributed by atoms with Crippen molar-refractivity contribution in [3.05, 3.63) is 71.4 Å². The quantitative estimate of drug-likeness (QED) is 0.790. The molecule has 0 aliphatic carbocycles. The molecule has 2 N–H and O–H groups in total. The Labute approximate surface area is 140 Å². The van der Waals surface area contributed by atoms with Gasteiger partial charge < -0.3 is 5.73 Å². The van der Waals surface area contributed by atoms with Crippen molar-refractivity contribution in [1.82, 2.24) is 4.98 Å². The molecule has 0 aliphatic heterocycles. The number of rotatable bonds is 4. The highest BCUT2D eigenvalue weighted by Crippen LogP contribution is 2.23. The van der Waals surface area contributed by atoms with E-state index in [0.717, 1.165) is 16.6 Å². The zero-order valence-corrected chi connectivity index (χ0v) is 13.9. The van der Waals surface area contributed by atoms with Gasteiger partial charge in [0.15, 0.2) is 9.84 Å². The van der Waals surface area contributed by atoms with E-state index in [0.29, 0.717) is 5.56 Å². The minimum absolute atomic E-state index is 0.132. The highest BCUT2D eigenvalue weighted by atomic mass is 32.2. The number of amides is 1. The summed E-state index contributed by atoms with van der Waals surface area (Å²) in [6.07, 6.45) is 0. The number of carbonyl (C=O) groups excluding carboxylic acids is 1. The standard InChI is InChI=1S/C18H16N2O3S/c1-12-10-14(16-4-2-3-5-17(16)20-12)11-24(22,23)15-8-6-13(7-9-15)18(19)21/h2-10H,11H2,1H3,(H2,19,21). The number of fused-ring (bicyclic) bond motifs is 1. The third-order valence-electron chi connectivity index (χ3n) is 3.77. The van der Waals surface area contributed by atoms with Crippen LogP contribution in [0.5, 0.6) is 0 Å². The van der Waals surface area contributed by atoms with Crippen LogP contribution in [-0.4, -0.2) is 19.3 Å². The van der Waals surface area contributed by atoms with Crippen LogP contribution in [0.25, 0.3) is 10.9 Å². The molecule has 0 atom stereocenters. The Morgan fingerprint density at radius 1 is 1.08 bits per heavy atom. The van der Waals surface area contributed by atoms with Crippen LogP contribution in [-0.2, 0) is 15.6 Å². The number of hydrogen-bond donors (Lipinski definition) is 1. The van der Waals surface area contributed by atoms with Crippen molar-refractivity contribution in [2.24, 2.45) is 5.73 Å². The minimum atomic E-state index is -3.54. The first-order chi connectivity index (χ1) is 11.4. The molecule has 2 aromatic carbocycles. The number of aromatic nitrogens is 1. The largest absolute Gasteiger partial charge is 0.366 e. The maximum atomic E-state index is 12.7. The van der Waals surface area contributed by atoms with Crippen molar-refractivity contribution in [2.75, 3.05) is 0 Å². The maximum Gasteiger partial charge on any atom is 0.248 e. The van der Waals surface area contributed by atoms with Gasteiger partial charge in [0.2, 0.25) is 5.91 Å². The van der Waals surface area contributed by atoms with E-state index in [-0.39, 0.29) is 16.2 Å². The first-order valence-electron chi connectivity index (χ1n) is 7.35. The second-order valence-corrected chi connectivity index (χ2v) is 7.58. The van der Waals surface area contributed by atoms with Crippen LogP contribution >= 0.6 is 0 Å². The molecule has 0 spiro atoms. The molecule has 0 unspecified atom stereocenters. The summed E-state index contributed by atoms with van der Waals surface area (Å²) in [6, 6.07) is 14.9. The molecule has 0 radical (unpaired) electrons. The number of hydrogen-bond acceptors (Lipinski definition) is 4. The second-order valence-electron chi connectivity index (χ2n) is 5.59. The monoisotopic (exact) mass is 340 g/mol. The van der Waals surface area contributed by atoms with Crippen LogP contribution in [0.2, 0.25) is 0 Å². The van der Waals surface area contributed by atoms with Gasteiger partial charge in [-0.15, -0.1) is 0 Å². The van der Waals surface area contributed by atoms with E-state index in [4.69, 9.17) is 5.73 Å². The summed E-state index contributed by atoms with van der Waals surface area (Å²) in [5.74, 6) is -0.720. The Kier molecular flexibility index (Phi) is 4.07. The van der Waals surface area contributed by atoms with Gasteiger partial charge in [-0.2, -0.15) is 0 Å². The van der Waals surface area contributed by atoms with E-state index in [1.165, 1.54) is 24.3 Å². The number of nitrogens with two attached hydrogens (primary N) is 1. The van der Waals surface area contributed by atoms with E-state index >= 15 is 0 Å². The second kappa shape index (κ2) is 6.05. The van der Waals surface area contributed by atoms with E-state index in [1.807, 2.05) is 31.2 Å². The van der Waals surface area contributed by atoms with Gasteiger partial charge in [0, 0.05) is 16.6 Å². The molecule has 0 saturated carbocycles. The van der Waals surface area contributed by atoms with E-state index in [2.05, 4.69) is 4.98 Å². The van der Waals surface area contributed by atoms with Crippen molar-refractivity contribution < 1.29 is 13.2 Å². The van der Waals surface area contributed by atoms with Gasteiger partial charge in [-0.05, 0) is 48.9 Å². The number of primary amides is 1. The molecular formula is C18H16N2O3S. The fourth-order valence-electron chi connectivity index (χ4n) is 2.63. The zero-order chi connectivity index (χ0) is 17.3.